The molecule has 3 aromatic rings. The number of hydrogen-bond acceptors (Lipinski definition) is 1. The first-order valence-corrected chi connectivity index (χ1v) is 8.15. The Bertz CT molecular complexity index is 676. The van der Waals surface area contributed by atoms with Crippen molar-refractivity contribution in [3.63, 3.8) is 0 Å². The molecule has 0 spiro atoms. The Kier molecular flexibility index (Phi) is 3.95. The van der Waals surface area contributed by atoms with Crippen LogP contribution >= 0.6 is 27.7 Å². The molecule has 0 radical (unpaired) electrons. The molecule has 0 saturated carbocycles. The molecule has 0 fully saturated rings. The molecule has 96 valence electrons. The Morgan fingerprint density at radius 1 is 0.947 bits per heavy atom. The van der Waals surface area contributed by atoms with Crippen LogP contribution in [0.1, 0.15) is 11.3 Å². The van der Waals surface area contributed by atoms with Gasteiger partial charge in [-0.15, -0.1) is 0 Å². The van der Waals surface area contributed by atoms with Gasteiger partial charge < -0.3 is 4.98 Å². The van der Waals surface area contributed by atoms with Crippen LogP contribution in [0.2, 0.25) is 0 Å². The van der Waals surface area contributed by atoms with Crippen LogP contribution in [0.5, 0.6) is 0 Å². The third-order valence-electron chi connectivity index (χ3n) is 3.01. The molecular weight excluding hydrogens is 318 g/mol. The summed E-state index contributed by atoms with van der Waals surface area (Å²) in [6.45, 7) is 0. The van der Waals surface area contributed by atoms with Crippen molar-refractivity contribution in [1.82, 2.24) is 4.98 Å². The number of fused-ring (bicyclic) bond motifs is 1. The Balaban J connectivity index is 1.65. The van der Waals surface area contributed by atoms with Crippen LogP contribution in [0.25, 0.3) is 10.9 Å². The molecular formula is C16H14BrNS. The Morgan fingerprint density at radius 2 is 1.79 bits per heavy atom. The second-order valence-electron chi connectivity index (χ2n) is 4.50. The lowest BCUT2D eigenvalue weighted by Crippen LogP contribution is -1.82. The average Bonchev–Trinajstić information content (AvgIpc) is 2.82. The van der Waals surface area contributed by atoms with Gasteiger partial charge in [-0.1, -0.05) is 52.3 Å². The molecule has 3 heteroatoms. The molecule has 0 atom stereocenters. The van der Waals surface area contributed by atoms with Crippen molar-refractivity contribution in [2.75, 3.05) is 0 Å². The average molecular weight is 332 g/mol. The zero-order valence-electron chi connectivity index (χ0n) is 10.4. The van der Waals surface area contributed by atoms with E-state index >= 15 is 0 Å². The van der Waals surface area contributed by atoms with E-state index in [1.807, 2.05) is 11.8 Å². The molecule has 3 rings (SSSR count). The standard InChI is InChI=1S/C16H14BrNS/c17-14-7-6-13-8-15(18-16(13)9-14)11-19-10-12-4-2-1-3-5-12/h1-9,18H,10-11H2. The van der Waals surface area contributed by atoms with E-state index in [0.717, 1.165) is 16.0 Å². The van der Waals surface area contributed by atoms with Gasteiger partial charge in [-0.05, 0) is 29.1 Å². The van der Waals surface area contributed by atoms with E-state index in [9.17, 15) is 0 Å². The highest BCUT2D eigenvalue weighted by atomic mass is 79.9. The van der Waals surface area contributed by atoms with Crippen molar-refractivity contribution < 1.29 is 0 Å². The quantitative estimate of drug-likeness (QED) is 0.680. The molecule has 0 aliphatic carbocycles. The highest BCUT2D eigenvalue weighted by Gasteiger charge is 2.01. The van der Waals surface area contributed by atoms with Crippen LogP contribution in [0.15, 0.2) is 59.1 Å². The Labute approximate surface area is 125 Å². The molecule has 1 N–H and O–H groups in total. The van der Waals surface area contributed by atoms with Crippen LogP contribution in [0.4, 0.5) is 0 Å². The summed E-state index contributed by atoms with van der Waals surface area (Å²) in [6.07, 6.45) is 0. The third kappa shape index (κ3) is 3.23. The summed E-state index contributed by atoms with van der Waals surface area (Å²) in [5.41, 5.74) is 3.87. The van der Waals surface area contributed by atoms with E-state index in [0.29, 0.717) is 0 Å². The minimum atomic E-state index is 1.02. The number of halogens is 1. The second kappa shape index (κ2) is 5.85. The summed E-state index contributed by atoms with van der Waals surface area (Å²) < 4.78 is 1.12. The fraction of sp³-hybridized carbons (Fsp3) is 0.125. The van der Waals surface area contributed by atoms with Gasteiger partial charge in [0.15, 0.2) is 0 Å². The summed E-state index contributed by atoms with van der Waals surface area (Å²) >= 11 is 5.44. The molecule has 1 nitrogen and oxygen atoms in total. The van der Waals surface area contributed by atoms with Gasteiger partial charge in [0.2, 0.25) is 0 Å². The lowest BCUT2D eigenvalue weighted by atomic mass is 10.2. The van der Waals surface area contributed by atoms with Crippen LogP contribution in [0, 0.1) is 0 Å². The van der Waals surface area contributed by atoms with E-state index in [2.05, 4.69) is 75.5 Å². The van der Waals surface area contributed by atoms with Crippen molar-refractivity contribution >= 4 is 38.6 Å². The highest BCUT2D eigenvalue weighted by molar-refractivity contribution is 9.10. The number of aromatic nitrogens is 1. The van der Waals surface area contributed by atoms with Gasteiger partial charge in [-0.25, -0.2) is 0 Å². The van der Waals surface area contributed by atoms with Gasteiger partial charge in [-0.3, -0.25) is 0 Å². The number of thioether (sulfide) groups is 1. The first-order chi connectivity index (χ1) is 9.31. The van der Waals surface area contributed by atoms with E-state index < -0.39 is 0 Å². The molecule has 19 heavy (non-hydrogen) atoms. The van der Waals surface area contributed by atoms with Gasteiger partial charge in [0.25, 0.3) is 0 Å². The molecule has 1 aromatic heterocycles. The van der Waals surface area contributed by atoms with Crippen LogP contribution < -0.4 is 0 Å². The van der Waals surface area contributed by atoms with Crippen LogP contribution in [-0.2, 0) is 11.5 Å². The number of nitrogens with one attached hydrogen (secondary N) is 1. The first-order valence-electron chi connectivity index (χ1n) is 6.20. The molecule has 2 aromatic carbocycles. The predicted octanol–water partition coefficient (Wildman–Crippen LogP) is 5.36. The maximum atomic E-state index is 3.50. The zero-order chi connectivity index (χ0) is 13.1. The topological polar surface area (TPSA) is 15.8 Å². The molecule has 0 aliphatic rings. The fourth-order valence-electron chi connectivity index (χ4n) is 2.09. The van der Waals surface area contributed by atoms with Gasteiger partial charge in [-0.2, -0.15) is 11.8 Å². The van der Waals surface area contributed by atoms with Gasteiger partial charge in [0.05, 0.1) is 0 Å². The number of hydrogen-bond donors (Lipinski definition) is 1. The maximum Gasteiger partial charge on any atom is 0.0467 e. The largest absolute Gasteiger partial charge is 0.358 e. The summed E-state index contributed by atoms with van der Waals surface area (Å²) in [6, 6.07) is 19.2. The van der Waals surface area contributed by atoms with E-state index in [-0.39, 0.29) is 0 Å². The predicted molar refractivity (Wildman–Crippen MR) is 87.4 cm³/mol. The van der Waals surface area contributed by atoms with Crippen molar-refractivity contribution in [3.05, 3.63) is 70.3 Å². The molecule has 0 aliphatic heterocycles. The van der Waals surface area contributed by atoms with E-state index in [1.165, 1.54) is 22.2 Å². The molecule has 0 bridgehead atoms. The number of aromatic amines is 1. The minimum absolute atomic E-state index is 1.02. The van der Waals surface area contributed by atoms with Crippen LogP contribution in [-0.4, -0.2) is 4.98 Å². The van der Waals surface area contributed by atoms with Crippen molar-refractivity contribution in [2.45, 2.75) is 11.5 Å². The van der Waals surface area contributed by atoms with E-state index in [4.69, 9.17) is 0 Å². The Hall–Kier alpha value is -1.19. The number of H-pyrrole nitrogens is 1. The fourth-order valence-corrected chi connectivity index (χ4v) is 3.36. The van der Waals surface area contributed by atoms with Crippen molar-refractivity contribution in [3.8, 4) is 0 Å². The molecule has 0 amide bonds. The smallest absolute Gasteiger partial charge is 0.0467 e. The van der Waals surface area contributed by atoms with Gasteiger partial charge in [0, 0.05) is 27.2 Å². The lowest BCUT2D eigenvalue weighted by Gasteiger charge is -2.00. The summed E-state index contributed by atoms with van der Waals surface area (Å²) in [5.74, 6) is 2.07. The lowest BCUT2D eigenvalue weighted by molar-refractivity contribution is 1.25. The summed E-state index contributed by atoms with van der Waals surface area (Å²) in [5, 5.41) is 1.28. The van der Waals surface area contributed by atoms with Crippen molar-refractivity contribution in [1.29, 1.82) is 0 Å². The minimum Gasteiger partial charge on any atom is -0.358 e. The summed E-state index contributed by atoms with van der Waals surface area (Å²) in [7, 11) is 0. The monoisotopic (exact) mass is 331 g/mol. The van der Waals surface area contributed by atoms with E-state index in [1.54, 1.807) is 0 Å². The van der Waals surface area contributed by atoms with Crippen molar-refractivity contribution in [2.24, 2.45) is 0 Å². The number of benzene rings is 2. The molecule has 1 heterocycles. The zero-order valence-corrected chi connectivity index (χ0v) is 12.8. The summed E-state index contributed by atoms with van der Waals surface area (Å²) in [4.78, 5) is 3.47. The SMILES string of the molecule is Brc1ccc2cc(CSCc3ccccc3)[nH]c2c1. The molecule has 0 saturated heterocycles. The molecule has 0 unspecified atom stereocenters. The normalized spacial score (nSPS) is 11.0. The Morgan fingerprint density at radius 3 is 2.63 bits per heavy atom. The second-order valence-corrected chi connectivity index (χ2v) is 6.41. The maximum absolute atomic E-state index is 3.50. The van der Waals surface area contributed by atoms with Crippen LogP contribution in [0.3, 0.4) is 0 Å². The highest BCUT2D eigenvalue weighted by Crippen LogP contribution is 2.23. The first kappa shape index (κ1) is 12.8. The van der Waals surface area contributed by atoms with Gasteiger partial charge in [0.1, 0.15) is 0 Å². The number of rotatable bonds is 4. The van der Waals surface area contributed by atoms with Gasteiger partial charge >= 0.3 is 0 Å². The third-order valence-corrected chi connectivity index (χ3v) is 4.56.